The number of hydrogen-bond acceptors (Lipinski definition) is 0. The fourth-order valence-corrected chi connectivity index (χ4v) is 8.99. The van der Waals surface area contributed by atoms with Crippen molar-refractivity contribution in [3.63, 3.8) is 0 Å². The number of hydrogen-bond donors (Lipinski definition) is 0. The van der Waals surface area contributed by atoms with E-state index in [0.717, 1.165) is 0 Å². The van der Waals surface area contributed by atoms with Gasteiger partial charge in [0.15, 0.2) is 0 Å². The van der Waals surface area contributed by atoms with Crippen LogP contribution in [0.25, 0.3) is 76.8 Å². The van der Waals surface area contributed by atoms with Gasteiger partial charge in [0, 0.05) is 10.8 Å². The van der Waals surface area contributed by atoms with Crippen LogP contribution in [-0.4, -0.2) is 0 Å². The van der Waals surface area contributed by atoms with Crippen LogP contribution in [0.2, 0.25) is 0 Å². The maximum Gasteiger partial charge on any atom is 0.0159 e. The van der Waals surface area contributed by atoms with Gasteiger partial charge in [-0.2, -0.15) is 0 Å². The normalized spacial score (nSPS) is 15.0. The Morgan fingerprint density at radius 2 is 0.771 bits per heavy atom. The molecule has 8 aromatic carbocycles. The highest BCUT2D eigenvalue weighted by molar-refractivity contribution is 6.17. The van der Waals surface area contributed by atoms with Crippen LogP contribution in [0, 0.1) is 0 Å². The predicted octanol–water partition coefficient (Wildman–Crippen LogP) is 13.1. The van der Waals surface area contributed by atoms with Gasteiger partial charge in [-0.3, -0.25) is 0 Å². The van der Waals surface area contributed by atoms with E-state index >= 15 is 0 Å². The molecule has 48 heavy (non-hydrogen) atoms. The highest BCUT2D eigenvalue weighted by atomic mass is 14.4. The Hall–Kier alpha value is -5.46. The Labute approximate surface area is 282 Å². The van der Waals surface area contributed by atoms with Gasteiger partial charge >= 0.3 is 0 Å². The third kappa shape index (κ3) is 3.72. The van der Waals surface area contributed by atoms with Crippen molar-refractivity contribution in [3.8, 4) is 44.5 Å². The summed E-state index contributed by atoms with van der Waals surface area (Å²) >= 11 is 0. The van der Waals surface area contributed by atoms with Crippen LogP contribution in [0.5, 0.6) is 0 Å². The average Bonchev–Trinajstić information content (AvgIpc) is 3.49. The minimum Gasteiger partial charge on any atom is -0.0619 e. The fraction of sp³-hybridized carbons (Fsp3) is 0.125. The summed E-state index contributed by atoms with van der Waals surface area (Å²) in [5, 5.41) is 7.82. The van der Waals surface area contributed by atoms with Crippen LogP contribution in [-0.2, 0) is 10.8 Å². The highest BCUT2D eigenvalue weighted by Crippen LogP contribution is 2.52. The molecule has 10 rings (SSSR count). The smallest absolute Gasteiger partial charge is 0.0159 e. The number of benzene rings is 8. The van der Waals surface area contributed by atoms with Gasteiger partial charge in [0.05, 0.1) is 0 Å². The molecule has 0 saturated carbocycles. The molecule has 0 N–H and O–H groups in total. The molecule has 0 amide bonds. The van der Waals surface area contributed by atoms with Crippen molar-refractivity contribution in [2.75, 3.05) is 0 Å². The van der Waals surface area contributed by atoms with E-state index in [9.17, 15) is 0 Å². The lowest BCUT2D eigenvalue weighted by Gasteiger charge is -2.23. The van der Waals surface area contributed by atoms with Crippen LogP contribution in [0.1, 0.15) is 49.9 Å². The minimum absolute atomic E-state index is 0.00745. The second-order valence-electron chi connectivity index (χ2n) is 15.0. The average molecular weight is 613 g/mol. The molecular weight excluding hydrogens is 577 g/mol. The zero-order valence-electron chi connectivity index (χ0n) is 27.9. The van der Waals surface area contributed by atoms with Crippen LogP contribution in [0.3, 0.4) is 0 Å². The summed E-state index contributed by atoms with van der Waals surface area (Å²) in [6.45, 7) is 9.49. The van der Waals surface area contributed by atoms with E-state index in [1.165, 1.54) is 99.1 Å². The standard InChI is InChI=1S/C48H36/c1-47(2)43-12-8-7-11-38(43)39-22-17-34(27-45(39)47)32-19-24-44-42(26-32)40-23-18-33(28-46(40)48(44,3)4)31-14-13-30-16-20-36-35-10-6-5-9-29(35)15-21-37(36)41(30)25-31/h5-28H,1-4H3. The molecular formula is C48H36. The second-order valence-corrected chi connectivity index (χ2v) is 15.0. The molecule has 0 spiro atoms. The molecule has 0 unspecified atom stereocenters. The van der Waals surface area contributed by atoms with Gasteiger partial charge < -0.3 is 0 Å². The lowest BCUT2D eigenvalue weighted by atomic mass is 9.80. The first-order valence-corrected chi connectivity index (χ1v) is 17.2. The Morgan fingerprint density at radius 1 is 0.292 bits per heavy atom. The first kappa shape index (κ1) is 27.6. The van der Waals surface area contributed by atoms with Crippen LogP contribution >= 0.6 is 0 Å². The lowest BCUT2D eigenvalue weighted by molar-refractivity contribution is 0.660. The summed E-state index contributed by atoms with van der Waals surface area (Å²) in [6, 6.07) is 55.1. The van der Waals surface area contributed by atoms with Crippen molar-refractivity contribution in [1.29, 1.82) is 0 Å². The monoisotopic (exact) mass is 612 g/mol. The Bertz CT molecular complexity index is 2660. The first-order valence-electron chi connectivity index (χ1n) is 17.2. The van der Waals surface area contributed by atoms with Crippen LogP contribution in [0.15, 0.2) is 146 Å². The Balaban J connectivity index is 1.07. The van der Waals surface area contributed by atoms with Crippen molar-refractivity contribution in [2.24, 2.45) is 0 Å². The molecule has 0 aromatic heterocycles. The van der Waals surface area contributed by atoms with Crippen LogP contribution < -0.4 is 0 Å². The van der Waals surface area contributed by atoms with Gasteiger partial charge in [-0.1, -0.05) is 149 Å². The molecule has 0 fully saturated rings. The van der Waals surface area contributed by atoms with Gasteiger partial charge in [0.25, 0.3) is 0 Å². The molecule has 228 valence electrons. The third-order valence-corrected chi connectivity index (χ3v) is 11.7. The van der Waals surface area contributed by atoms with Gasteiger partial charge in [0.1, 0.15) is 0 Å². The van der Waals surface area contributed by atoms with Crippen LogP contribution in [0.4, 0.5) is 0 Å². The molecule has 0 atom stereocenters. The van der Waals surface area contributed by atoms with Gasteiger partial charge in [-0.25, -0.2) is 0 Å². The molecule has 0 bridgehead atoms. The van der Waals surface area contributed by atoms with Crippen molar-refractivity contribution < 1.29 is 0 Å². The SMILES string of the molecule is CC1(C)c2ccccc2-c2ccc(-c3ccc4c(c3)-c3ccc(-c5ccc6ccc7c8ccccc8ccc7c6c5)cc3C4(C)C)cc21. The summed E-state index contributed by atoms with van der Waals surface area (Å²) in [5.74, 6) is 0. The summed E-state index contributed by atoms with van der Waals surface area (Å²) in [5.41, 5.74) is 16.1. The summed E-state index contributed by atoms with van der Waals surface area (Å²) in [6.07, 6.45) is 0. The number of fused-ring (bicyclic) bond motifs is 11. The molecule has 8 aromatic rings. The van der Waals surface area contributed by atoms with Crippen molar-refractivity contribution in [3.05, 3.63) is 168 Å². The summed E-state index contributed by atoms with van der Waals surface area (Å²) in [4.78, 5) is 0. The topological polar surface area (TPSA) is 0 Å². The molecule has 0 radical (unpaired) electrons. The largest absolute Gasteiger partial charge is 0.0619 e. The second kappa shape index (κ2) is 9.55. The van der Waals surface area contributed by atoms with Crippen molar-refractivity contribution >= 4 is 32.3 Å². The van der Waals surface area contributed by atoms with E-state index in [1.807, 2.05) is 0 Å². The zero-order valence-corrected chi connectivity index (χ0v) is 27.9. The first-order chi connectivity index (χ1) is 23.3. The Kier molecular flexibility index (Phi) is 5.50. The number of rotatable bonds is 2. The zero-order chi connectivity index (χ0) is 32.4. The molecule has 0 nitrogen and oxygen atoms in total. The van der Waals surface area contributed by atoms with Crippen molar-refractivity contribution in [2.45, 2.75) is 38.5 Å². The highest BCUT2D eigenvalue weighted by Gasteiger charge is 2.37. The summed E-state index contributed by atoms with van der Waals surface area (Å²) in [7, 11) is 0. The molecule has 0 heterocycles. The van der Waals surface area contributed by atoms with E-state index in [0.29, 0.717) is 0 Å². The molecule has 2 aliphatic carbocycles. The minimum atomic E-state index is -0.0801. The predicted molar refractivity (Wildman–Crippen MR) is 205 cm³/mol. The van der Waals surface area contributed by atoms with Crippen molar-refractivity contribution in [1.82, 2.24) is 0 Å². The Morgan fingerprint density at radius 3 is 1.52 bits per heavy atom. The maximum absolute atomic E-state index is 2.45. The quantitative estimate of drug-likeness (QED) is 0.170. The summed E-state index contributed by atoms with van der Waals surface area (Å²) < 4.78 is 0. The molecule has 0 heteroatoms. The van der Waals surface area contributed by atoms with Gasteiger partial charge in [-0.05, 0) is 123 Å². The van der Waals surface area contributed by atoms with Gasteiger partial charge in [0.2, 0.25) is 0 Å². The third-order valence-electron chi connectivity index (χ3n) is 11.7. The van der Waals surface area contributed by atoms with E-state index in [4.69, 9.17) is 0 Å². The molecule has 2 aliphatic rings. The maximum atomic E-state index is 2.45. The van der Waals surface area contributed by atoms with Gasteiger partial charge in [-0.15, -0.1) is 0 Å². The van der Waals surface area contributed by atoms with E-state index in [1.54, 1.807) is 0 Å². The molecule has 0 saturated heterocycles. The lowest BCUT2D eigenvalue weighted by Crippen LogP contribution is -2.15. The van der Waals surface area contributed by atoms with E-state index < -0.39 is 0 Å². The fourth-order valence-electron chi connectivity index (χ4n) is 8.99. The van der Waals surface area contributed by atoms with E-state index in [-0.39, 0.29) is 10.8 Å². The van der Waals surface area contributed by atoms with E-state index in [2.05, 4.69) is 173 Å². The molecule has 0 aliphatic heterocycles.